The van der Waals surface area contributed by atoms with Gasteiger partial charge in [-0.05, 0) is 111 Å². The molecule has 1 aromatic rings. The van der Waals surface area contributed by atoms with Gasteiger partial charge in [-0.25, -0.2) is 4.79 Å². The number of nitrogens with one attached hydrogen (secondary N) is 1. The molecule has 0 saturated carbocycles. The number of hydrogen-bond donors (Lipinski definition) is 4. The van der Waals surface area contributed by atoms with E-state index in [1.165, 1.54) is 7.11 Å². The van der Waals surface area contributed by atoms with Gasteiger partial charge in [0.05, 0.1) is 59.8 Å². The Balaban J connectivity index is 1.10. The summed E-state index contributed by atoms with van der Waals surface area (Å²) in [5.74, 6) is -4.96. The SMILES string of the molecule is CCC1(C2OC(C3OC(O)(COC(=O)Nc4ccc(I)cc4)C(C)CC3C)CC2C)CCC(C2(C)CCC3(CC(O)C(C)C(C(C)C(OC)C(C)C(=O)O)O3)O2)O1. The summed E-state index contributed by atoms with van der Waals surface area (Å²) in [7, 11) is 1.52. The second kappa shape index (κ2) is 17.4. The quantitative estimate of drug-likeness (QED) is 0.157. The van der Waals surface area contributed by atoms with Crippen molar-refractivity contribution in [1.29, 1.82) is 0 Å². The van der Waals surface area contributed by atoms with E-state index in [2.05, 4.69) is 55.6 Å². The molecule has 322 valence electrons. The lowest BCUT2D eigenvalue weighted by atomic mass is 9.78. The van der Waals surface area contributed by atoms with Gasteiger partial charge in [0.25, 0.3) is 0 Å². The minimum Gasteiger partial charge on any atom is -0.481 e. The highest BCUT2D eigenvalue weighted by Crippen LogP contribution is 2.55. The van der Waals surface area contributed by atoms with Crippen LogP contribution in [0.4, 0.5) is 10.5 Å². The third kappa shape index (κ3) is 9.05. The minimum atomic E-state index is -1.67. The smallest absolute Gasteiger partial charge is 0.411 e. The van der Waals surface area contributed by atoms with Crippen molar-refractivity contribution in [3.8, 4) is 0 Å². The van der Waals surface area contributed by atoms with Crippen LogP contribution in [0.2, 0.25) is 0 Å². The first kappa shape index (κ1) is 44.9. The zero-order valence-corrected chi connectivity index (χ0v) is 37.2. The number of carboxylic acid groups (broad SMARTS) is 1. The molecular weight excluding hydrogens is 849 g/mol. The number of aliphatic hydroxyl groups is 2. The van der Waals surface area contributed by atoms with Crippen molar-refractivity contribution in [2.24, 2.45) is 35.5 Å². The number of amides is 1. The molecule has 6 rings (SSSR count). The van der Waals surface area contributed by atoms with Gasteiger partial charge < -0.3 is 48.5 Å². The summed E-state index contributed by atoms with van der Waals surface area (Å²) in [6.07, 6.45) is 1.71. The molecule has 17 atom stereocenters. The third-order valence-electron chi connectivity index (χ3n) is 14.3. The number of aliphatic carboxylic acids is 1. The van der Waals surface area contributed by atoms with Crippen molar-refractivity contribution in [2.45, 2.75) is 172 Å². The third-order valence-corrected chi connectivity index (χ3v) is 15.0. The molecule has 4 N–H and O–H groups in total. The molecule has 0 radical (unpaired) electrons. The van der Waals surface area contributed by atoms with Crippen molar-refractivity contribution in [2.75, 3.05) is 19.0 Å². The van der Waals surface area contributed by atoms with E-state index < -0.39 is 65.2 Å². The van der Waals surface area contributed by atoms with Gasteiger partial charge in [0, 0.05) is 47.0 Å². The van der Waals surface area contributed by atoms with Crippen molar-refractivity contribution in [3.05, 3.63) is 27.8 Å². The number of rotatable bonds is 12. The topological polar surface area (TPSA) is 171 Å². The lowest BCUT2D eigenvalue weighted by molar-refractivity contribution is -0.336. The van der Waals surface area contributed by atoms with Crippen LogP contribution in [0.15, 0.2) is 24.3 Å². The van der Waals surface area contributed by atoms with Crippen LogP contribution in [-0.2, 0) is 38.0 Å². The zero-order valence-electron chi connectivity index (χ0n) is 35.1. The standard InChI is InChI=1S/C43H66INO12/c1-10-41(16-15-33(54-41)40(8)17-18-42(57-40)21-31(46)26(5)36(55-42)27(6)35(51-9)28(7)38(47)48)37-24(3)20-32(53-37)34-23(2)19-25(4)43(50,56-34)22-52-39(49)45-30-13-11-29(44)12-14-30/h11-14,23-28,31-37,46,50H,10,15-22H2,1-9H3,(H,45,49)(H,47,48). The lowest BCUT2D eigenvalue weighted by Gasteiger charge is -2.49. The summed E-state index contributed by atoms with van der Waals surface area (Å²) < 4.78 is 46.6. The number of ether oxygens (including phenoxy) is 7. The maximum Gasteiger partial charge on any atom is 0.411 e. The first-order chi connectivity index (χ1) is 26.8. The Hall–Kier alpha value is -1.63. The number of anilines is 1. The van der Waals surface area contributed by atoms with Crippen LogP contribution in [0.1, 0.15) is 107 Å². The maximum absolute atomic E-state index is 12.7. The fraction of sp³-hybridized carbons (Fsp3) is 0.814. The average molecular weight is 916 g/mol. The number of carboxylic acids is 1. The van der Waals surface area contributed by atoms with Crippen LogP contribution in [0.25, 0.3) is 0 Å². The van der Waals surface area contributed by atoms with Gasteiger partial charge in [-0.3, -0.25) is 10.1 Å². The molecule has 0 bridgehead atoms. The summed E-state index contributed by atoms with van der Waals surface area (Å²) in [5, 5.41) is 35.6. The molecule has 1 amide bonds. The number of aliphatic hydroxyl groups excluding tert-OH is 1. The fourth-order valence-corrected chi connectivity index (χ4v) is 11.1. The number of methoxy groups -OCH3 is 1. The maximum atomic E-state index is 12.7. The first-order valence-corrected chi connectivity index (χ1v) is 22.1. The minimum absolute atomic E-state index is 0.0975. The van der Waals surface area contributed by atoms with Crippen LogP contribution in [0.5, 0.6) is 0 Å². The van der Waals surface area contributed by atoms with Crippen molar-refractivity contribution >= 4 is 40.3 Å². The normalized spacial score (nSPS) is 43.8. The molecule has 5 saturated heterocycles. The highest BCUT2D eigenvalue weighted by Gasteiger charge is 2.62. The molecule has 5 aliphatic heterocycles. The van der Waals surface area contributed by atoms with E-state index in [0.717, 1.165) is 29.3 Å². The molecule has 5 heterocycles. The number of carbonyl (C=O) groups excluding carboxylic acids is 1. The van der Waals surface area contributed by atoms with Crippen LogP contribution >= 0.6 is 22.6 Å². The predicted octanol–water partition coefficient (Wildman–Crippen LogP) is 7.13. The van der Waals surface area contributed by atoms with E-state index in [4.69, 9.17) is 33.2 Å². The second-order valence-corrected chi connectivity index (χ2v) is 19.6. The number of carbonyl (C=O) groups is 2. The van der Waals surface area contributed by atoms with Crippen molar-refractivity contribution in [3.63, 3.8) is 0 Å². The highest BCUT2D eigenvalue weighted by molar-refractivity contribution is 14.1. The Morgan fingerprint density at radius 3 is 2.37 bits per heavy atom. The van der Waals surface area contributed by atoms with E-state index in [0.29, 0.717) is 31.4 Å². The number of benzene rings is 1. The van der Waals surface area contributed by atoms with Crippen LogP contribution in [0, 0.1) is 39.1 Å². The molecule has 57 heavy (non-hydrogen) atoms. The predicted molar refractivity (Wildman–Crippen MR) is 219 cm³/mol. The van der Waals surface area contributed by atoms with Crippen LogP contribution in [-0.4, -0.2) is 107 Å². The summed E-state index contributed by atoms with van der Waals surface area (Å²) in [5.41, 5.74) is -0.638. The van der Waals surface area contributed by atoms with Crippen molar-refractivity contribution < 1.29 is 58.1 Å². The van der Waals surface area contributed by atoms with Crippen LogP contribution in [0.3, 0.4) is 0 Å². The second-order valence-electron chi connectivity index (χ2n) is 18.3. The van der Waals surface area contributed by atoms with Crippen molar-refractivity contribution in [1.82, 2.24) is 0 Å². The molecule has 0 aliphatic carbocycles. The summed E-state index contributed by atoms with van der Waals surface area (Å²) in [6, 6.07) is 7.35. The van der Waals surface area contributed by atoms with Gasteiger partial charge in [-0.2, -0.15) is 0 Å². The molecule has 14 heteroatoms. The van der Waals surface area contributed by atoms with Crippen LogP contribution < -0.4 is 5.32 Å². The molecule has 5 aliphatic rings. The summed E-state index contributed by atoms with van der Waals surface area (Å²) in [6.45, 7) is 15.7. The lowest BCUT2D eigenvalue weighted by Crippen LogP contribution is -2.57. The Morgan fingerprint density at radius 1 is 1.02 bits per heavy atom. The van der Waals surface area contributed by atoms with Gasteiger partial charge in [-0.1, -0.05) is 41.5 Å². The van der Waals surface area contributed by atoms with Gasteiger partial charge >= 0.3 is 12.1 Å². The molecule has 0 aromatic heterocycles. The first-order valence-electron chi connectivity index (χ1n) is 21.0. The Morgan fingerprint density at radius 2 is 1.72 bits per heavy atom. The molecule has 5 fully saturated rings. The summed E-state index contributed by atoms with van der Waals surface area (Å²) in [4.78, 5) is 24.6. The van der Waals surface area contributed by atoms with Gasteiger partial charge in [-0.15, -0.1) is 0 Å². The zero-order chi connectivity index (χ0) is 41.7. The number of hydrogen-bond acceptors (Lipinski definition) is 11. The highest BCUT2D eigenvalue weighted by atomic mass is 127. The van der Waals surface area contributed by atoms with E-state index in [9.17, 15) is 24.9 Å². The van der Waals surface area contributed by atoms with Gasteiger partial charge in [0.1, 0.15) is 6.61 Å². The van der Waals surface area contributed by atoms with Gasteiger partial charge in [0.15, 0.2) is 5.79 Å². The molecule has 1 aromatic carbocycles. The van der Waals surface area contributed by atoms with E-state index in [1.807, 2.05) is 32.9 Å². The van der Waals surface area contributed by atoms with E-state index in [1.54, 1.807) is 19.1 Å². The fourth-order valence-electron chi connectivity index (χ4n) is 10.8. The average Bonchev–Trinajstić information content (AvgIpc) is 3.88. The molecule has 1 spiro atoms. The number of halogens is 1. The monoisotopic (exact) mass is 915 g/mol. The Kier molecular flexibility index (Phi) is 13.7. The van der Waals surface area contributed by atoms with E-state index in [-0.39, 0.29) is 54.5 Å². The Bertz CT molecular complexity index is 1570. The largest absolute Gasteiger partial charge is 0.481 e. The Labute approximate surface area is 351 Å². The molecular formula is C43H66INO12. The van der Waals surface area contributed by atoms with E-state index >= 15 is 0 Å². The molecule has 13 nitrogen and oxygen atoms in total. The van der Waals surface area contributed by atoms with Gasteiger partial charge in [0.2, 0.25) is 5.79 Å². The molecule has 17 unspecified atom stereocenters. The summed E-state index contributed by atoms with van der Waals surface area (Å²) >= 11 is 2.20.